The molecular weight excluding hydrogens is 258 g/mol. The fraction of sp³-hybridized carbons (Fsp3) is 0.526. The predicted molar refractivity (Wildman–Crippen MR) is 84.3 cm³/mol. The number of carbonyl (C=O) groups is 1. The van der Waals surface area contributed by atoms with Crippen LogP contribution in [-0.2, 0) is 4.79 Å². The number of hydrogen-bond acceptors (Lipinski definition) is 1. The second-order valence-electron chi connectivity index (χ2n) is 7.37. The molecule has 4 fully saturated rings. The summed E-state index contributed by atoms with van der Waals surface area (Å²) in [6.07, 6.45) is 6.56. The molecule has 2 heteroatoms. The highest BCUT2D eigenvalue weighted by Gasteiger charge is 2.46. The molecule has 0 aliphatic heterocycles. The van der Waals surface area contributed by atoms with Crippen LogP contribution in [0.1, 0.15) is 43.2 Å². The molecule has 0 aromatic heterocycles. The molecule has 0 unspecified atom stereocenters. The number of primary amides is 1. The topological polar surface area (TPSA) is 43.1 Å². The standard InChI is InChI=1S/C19H23NO/c1-11-3-2-4-14(5-11)18(19(20)21)17-15-7-12-6-13(9-15)10-16(17)8-12/h2-5,12-13,15-16H,6-10H2,1H3,(H2,20,21). The van der Waals surface area contributed by atoms with Crippen LogP contribution in [0.25, 0.3) is 5.57 Å². The smallest absolute Gasteiger partial charge is 0.249 e. The highest BCUT2D eigenvalue weighted by molar-refractivity contribution is 6.20. The molecule has 2 nitrogen and oxygen atoms in total. The second-order valence-corrected chi connectivity index (χ2v) is 7.37. The summed E-state index contributed by atoms with van der Waals surface area (Å²) in [5.41, 5.74) is 10.3. The van der Waals surface area contributed by atoms with E-state index in [1.165, 1.54) is 43.2 Å². The third kappa shape index (κ3) is 2.12. The van der Waals surface area contributed by atoms with E-state index in [0.29, 0.717) is 11.8 Å². The van der Waals surface area contributed by atoms with Crippen LogP contribution in [0.15, 0.2) is 29.8 Å². The molecule has 21 heavy (non-hydrogen) atoms. The van der Waals surface area contributed by atoms with Crippen molar-refractivity contribution in [3.63, 3.8) is 0 Å². The van der Waals surface area contributed by atoms with Crippen molar-refractivity contribution >= 4 is 11.5 Å². The summed E-state index contributed by atoms with van der Waals surface area (Å²) in [5, 5.41) is 0. The molecule has 4 bridgehead atoms. The van der Waals surface area contributed by atoms with Gasteiger partial charge in [-0.05, 0) is 68.3 Å². The highest BCUT2D eigenvalue weighted by Crippen LogP contribution is 2.57. The van der Waals surface area contributed by atoms with Gasteiger partial charge in [0.2, 0.25) is 5.91 Å². The summed E-state index contributed by atoms with van der Waals surface area (Å²) < 4.78 is 0. The van der Waals surface area contributed by atoms with Gasteiger partial charge in [0, 0.05) is 5.57 Å². The quantitative estimate of drug-likeness (QED) is 0.825. The predicted octanol–water partition coefficient (Wildman–Crippen LogP) is 3.69. The molecule has 0 atom stereocenters. The van der Waals surface area contributed by atoms with Crippen molar-refractivity contribution in [2.24, 2.45) is 29.4 Å². The number of carbonyl (C=O) groups excluding carboxylic acids is 1. The van der Waals surface area contributed by atoms with Crippen molar-refractivity contribution in [2.45, 2.75) is 39.0 Å². The van der Waals surface area contributed by atoms with Gasteiger partial charge in [-0.2, -0.15) is 0 Å². The fourth-order valence-electron chi connectivity index (χ4n) is 5.35. The second kappa shape index (κ2) is 4.72. The van der Waals surface area contributed by atoms with E-state index in [1.54, 1.807) is 0 Å². The maximum Gasteiger partial charge on any atom is 0.249 e. The molecule has 0 heterocycles. The zero-order valence-corrected chi connectivity index (χ0v) is 12.6. The van der Waals surface area contributed by atoms with Gasteiger partial charge in [-0.25, -0.2) is 0 Å². The van der Waals surface area contributed by atoms with Crippen molar-refractivity contribution < 1.29 is 4.79 Å². The van der Waals surface area contributed by atoms with Gasteiger partial charge in [-0.1, -0.05) is 35.4 Å². The van der Waals surface area contributed by atoms with Gasteiger partial charge in [0.15, 0.2) is 0 Å². The van der Waals surface area contributed by atoms with Gasteiger partial charge in [-0.3, -0.25) is 4.79 Å². The molecule has 0 saturated heterocycles. The maximum absolute atomic E-state index is 12.2. The number of aryl methyl sites for hydroxylation is 1. The SMILES string of the molecule is Cc1cccc(C(C(N)=O)=C2C3CC4CC(C3)CC2C4)c1. The van der Waals surface area contributed by atoms with E-state index >= 15 is 0 Å². The van der Waals surface area contributed by atoms with Crippen LogP contribution in [0.4, 0.5) is 0 Å². The molecule has 110 valence electrons. The summed E-state index contributed by atoms with van der Waals surface area (Å²) >= 11 is 0. The molecule has 4 aliphatic carbocycles. The number of allylic oxidation sites excluding steroid dienone is 1. The minimum atomic E-state index is -0.233. The lowest BCUT2D eigenvalue weighted by Gasteiger charge is -2.52. The molecule has 5 rings (SSSR count). The third-order valence-corrected chi connectivity index (χ3v) is 5.86. The minimum absolute atomic E-state index is 0.233. The Morgan fingerprint density at radius 3 is 2.19 bits per heavy atom. The number of rotatable bonds is 2. The number of benzene rings is 1. The fourth-order valence-corrected chi connectivity index (χ4v) is 5.35. The first kappa shape index (κ1) is 13.1. The monoisotopic (exact) mass is 281 g/mol. The number of amides is 1. The highest BCUT2D eigenvalue weighted by atomic mass is 16.1. The van der Waals surface area contributed by atoms with Crippen molar-refractivity contribution in [1.82, 2.24) is 0 Å². The zero-order valence-electron chi connectivity index (χ0n) is 12.6. The lowest BCUT2D eigenvalue weighted by molar-refractivity contribution is -0.112. The molecular formula is C19H23NO. The first-order valence-electron chi connectivity index (χ1n) is 8.22. The van der Waals surface area contributed by atoms with E-state index in [1.807, 2.05) is 12.1 Å². The van der Waals surface area contributed by atoms with Crippen molar-refractivity contribution in [2.75, 3.05) is 0 Å². The maximum atomic E-state index is 12.2. The lowest BCUT2D eigenvalue weighted by atomic mass is 9.53. The van der Waals surface area contributed by atoms with Crippen molar-refractivity contribution in [3.05, 3.63) is 41.0 Å². The Balaban J connectivity index is 1.85. The molecule has 1 aromatic rings. The first-order valence-corrected chi connectivity index (χ1v) is 8.22. The van der Waals surface area contributed by atoms with E-state index in [-0.39, 0.29) is 5.91 Å². The molecule has 4 saturated carbocycles. The first-order chi connectivity index (χ1) is 10.1. The molecule has 0 radical (unpaired) electrons. The van der Waals surface area contributed by atoms with Crippen LogP contribution in [0.3, 0.4) is 0 Å². The zero-order chi connectivity index (χ0) is 14.6. The Labute approximate surface area is 126 Å². The number of hydrogen-bond donors (Lipinski definition) is 1. The van der Waals surface area contributed by atoms with Crippen LogP contribution < -0.4 is 5.73 Å². The summed E-state index contributed by atoms with van der Waals surface area (Å²) in [6.45, 7) is 2.07. The minimum Gasteiger partial charge on any atom is -0.366 e. The Kier molecular flexibility index (Phi) is 2.95. The van der Waals surface area contributed by atoms with Crippen LogP contribution >= 0.6 is 0 Å². The van der Waals surface area contributed by atoms with E-state index < -0.39 is 0 Å². The Bertz CT molecular complexity index is 598. The van der Waals surface area contributed by atoms with Gasteiger partial charge in [-0.15, -0.1) is 0 Å². The van der Waals surface area contributed by atoms with Crippen molar-refractivity contribution in [1.29, 1.82) is 0 Å². The Morgan fingerprint density at radius 1 is 1.05 bits per heavy atom. The lowest BCUT2D eigenvalue weighted by Crippen LogP contribution is -2.41. The summed E-state index contributed by atoms with van der Waals surface area (Å²) in [6, 6.07) is 8.26. The molecule has 2 N–H and O–H groups in total. The van der Waals surface area contributed by atoms with Crippen LogP contribution in [0, 0.1) is 30.6 Å². The molecule has 4 aliphatic rings. The van der Waals surface area contributed by atoms with Crippen LogP contribution in [0.5, 0.6) is 0 Å². The third-order valence-electron chi connectivity index (χ3n) is 5.86. The Morgan fingerprint density at radius 2 is 1.67 bits per heavy atom. The normalized spacial score (nSPS) is 33.3. The van der Waals surface area contributed by atoms with E-state index in [2.05, 4.69) is 19.1 Å². The average molecular weight is 281 g/mol. The molecule has 0 spiro atoms. The van der Waals surface area contributed by atoms with E-state index in [9.17, 15) is 4.79 Å². The van der Waals surface area contributed by atoms with Gasteiger partial charge < -0.3 is 5.73 Å². The van der Waals surface area contributed by atoms with Crippen molar-refractivity contribution in [3.8, 4) is 0 Å². The van der Waals surface area contributed by atoms with Gasteiger partial charge in [0.1, 0.15) is 0 Å². The van der Waals surface area contributed by atoms with Gasteiger partial charge in [0.25, 0.3) is 0 Å². The van der Waals surface area contributed by atoms with Crippen LogP contribution in [-0.4, -0.2) is 5.91 Å². The van der Waals surface area contributed by atoms with Gasteiger partial charge in [0.05, 0.1) is 0 Å². The Hall–Kier alpha value is -1.57. The summed E-state index contributed by atoms with van der Waals surface area (Å²) in [7, 11) is 0. The van der Waals surface area contributed by atoms with E-state index in [0.717, 1.165) is 23.0 Å². The summed E-state index contributed by atoms with van der Waals surface area (Å²) in [5.74, 6) is 2.81. The average Bonchev–Trinajstić information content (AvgIpc) is 2.41. The number of nitrogens with two attached hydrogens (primary N) is 1. The van der Waals surface area contributed by atoms with E-state index in [4.69, 9.17) is 5.73 Å². The molecule has 1 amide bonds. The summed E-state index contributed by atoms with van der Waals surface area (Å²) in [4.78, 5) is 12.2. The van der Waals surface area contributed by atoms with Gasteiger partial charge >= 0.3 is 0 Å². The molecule has 1 aromatic carbocycles. The largest absolute Gasteiger partial charge is 0.366 e. The van der Waals surface area contributed by atoms with Crippen LogP contribution in [0.2, 0.25) is 0 Å².